The first-order valence-electron chi connectivity index (χ1n) is 13.6. The van der Waals surface area contributed by atoms with Crippen molar-refractivity contribution in [3.8, 4) is 23.0 Å². The van der Waals surface area contributed by atoms with Gasteiger partial charge in [-0.1, -0.05) is 50.2 Å². The van der Waals surface area contributed by atoms with Gasteiger partial charge in [-0.3, -0.25) is 19.2 Å². The van der Waals surface area contributed by atoms with Gasteiger partial charge in [0.1, 0.15) is 23.0 Å². The second-order valence-electron chi connectivity index (χ2n) is 10.6. The summed E-state index contributed by atoms with van der Waals surface area (Å²) in [6.07, 6.45) is 4.99. The van der Waals surface area contributed by atoms with Crippen LogP contribution in [0.5, 0.6) is 23.0 Å². The van der Waals surface area contributed by atoms with E-state index >= 15 is 0 Å². The van der Waals surface area contributed by atoms with E-state index in [2.05, 4.69) is 13.8 Å². The Bertz CT molecular complexity index is 1650. The average molecular weight is 571 g/mol. The van der Waals surface area contributed by atoms with Crippen molar-refractivity contribution in [2.75, 3.05) is 9.80 Å². The number of carbonyl (C=O) groups excluding carboxylic acids is 4. The molecule has 4 aromatic carbocycles. The number of amides is 4. The van der Waals surface area contributed by atoms with Crippen molar-refractivity contribution in [3.05, 3.63) is 132 Å². The third-order valence-corrected chi connectivity index (χ3v) is 7.39. The molecule has 0 atom stereocenters. The van der Waals surface area contributed by atoms with Crippen LogP contribution in [0.2, 0.25) is 0 Å². The maximum atomic E-state index is 12.0. The Hall–Kier alpha value is -5.76. The van der Waals surface area contributed by atoms with E-state index in [4.69, 9.17) is 9.47 Å². The standard InChI is InChI=1S/C35H26N2O6/c1-35(2,23-9-13-27(14-10-23)42-29-7-3-5-25(21-29)36-31(38)17-18-32(36)39)24-11-15-28(16-12-24)43-30-8-4-6-26(22-30)37-33(40)19-20-34(37)41/h3-22H,1-2H3. The van der Waals surface area contributed by atoms with Crippen LogP contribution in [0.3, 0.4) is 0 Å². The predicted octanol–water partition coefficient (Wildman–Crippen LogP) is 6.46. The lowest BCUT2D eigenvalue weighted by atomic mass is 9.78. The van der Waals surface area contributed by atoms with Gasteiger partial charge >= 0.3 is 0 Å². The third kappa shape index (κ3) is 5.46. The van der Waals surface area contributed by atoms with Crippen LogP contribution in [-0.4, -0.2) is 23.6 Å². The molecule has 0 aromatic heterocycles. The van der Waals surface area contributed by atoms with Crippen LogP contribution in [0, 0.1) is 0 Å². The molecule has 0 saturated heterocycles. The summed E-state index contributed by atoms with van der Waals surface area (Å²) in [6, 6.07) is 29.2. The smallest absolute Gasteiger partial charge is 0.258 e. The molecule has 43 heavy (non-hydrogen) atoms. The maximum absolute atomic E-state index is 12.0. The van der Waals surface area contributed by atoms with Crippen LogP contribution >= 0.6 is 0 Å². The number of hydrogen-bond donors (Lipinski definition) is 0. The fourth-order valence-corrected chi connectivity index (χ4v) is 5.00. The van der Waals surface area contributed by atoms with E-state index in [1.165, 1.54) is 24.3 Å². The van der Waals surface area contributed by atoms with Crippen molar-refractivity contribution in [3.63, 3.8) is 0 Å². The average Bonchev–Trinajstić information content (AvgIpc) is 3.52. The first-order valence-corrected chi connectivity index (χ1v) is 13.6. The highest BCUT2D eigenvalue weighted by Gasteiger charge is 2.27. The summed E-state index contributed by atoms with van der Waals surface area (Å²) in [6.45, 7) is 4.25. The van der Waals surface area contributed by atoms with Gasteiger partial charge in [-0.25, -0.2) is 9.80 Å². The molecule has 8 heteroatoms. The van der Waals surface area contributed by atoms with E-state index in [0.29, 0.717) is 34.4 Å². The molecule has 4 amide bonds. The van der Waals surface area contributed by atoms with Crippen LogP contribution in [0.1, 0.15) is 25.0 Å². The molecule has 0 spiro atoms. The molecule has 0 aliphatic carbocycles. The lowest BCUT2D eigenvalue weighted by Gasteiger charge is -2.26. The third-order valence-electron chi connectivity index (χ3n) is 7.39. The van der Waals surface area contributed by atoms with Crippen molar-refractivity contribution < 1.29 is 28.7 Å². The van der Waals surface area contributed by atoms with Gasteiger partial charge in [0, 0.05) is 41.9 Å². The van der Waals surface area contributed by atoms with Crippen molar-refractivity contribution in [2.24, 2.45) is 0 Å². The van der Waals surface area contributed by atoms with E-state index in [-0.39, 0.29) is 29.0 Å². The van der Waals surface area contributed by atoms with Crippen molar-refractivity contribution >= 4 is 35.0 Å². The molecule has 8 nitrogen and oxygen atoms in total. The van der Waals surface area contributed by atoms with Crippen molar-refractivity contribution in [2.45, 2.75) is 19.3 Å². The zero-order valence-electron chi connectivity index (χ0n) is 23.4. The number of hydrogen-bond acceptors (Lipinski definition) is 6. The Kier molecular flexibility index (Phi) is 6.95. The molecule has 0 radical (unpaired) electrons. The van der Waals surface area contributed by atoms with Gasteiger partial charge in [-0.2, -0.15) is 0 Å². The number of rotatable bonds is 8. The van der Waals surface area contributed by atoms with Gasteiger partial charge in [0.05, 0.1) is 11.4 Å². The predicted molar refractivity (Wildman–Crippen MR) is 161 cm³/mol. The van der Waals surface area contributed by atoms with Gasteiger partial charge < -0.3 is 9.47 Å². The van der Waals surface area contributed by atoms with Crippen molar-refractivity contribution in [1.82, 2.24) is 0 Å². The van der Waals surface area contributed by atoms with Gasteiger partial charge in [0.25, 0.3) is 23.6 Å². The molecular weight excluding hydrogens is 544 g/mol. The summed E-state index contributed by atoms with van der Waals surface area (Å²) in [4.78, 5) is 50.3. The van der Waals surface area contributed by atoms with E-state index in [1.54, 1.807) is 48.5 Å². The minimum Gasteiger partial charge on any atom is -0.457 e. The molecule has 0 bridgehead atoms. The minimum atomic E-state index is -0.381. The number of imide groups is 2. The summed E-state index contributed by atoms with van der Waals surface area (Å²) >= 11 is 0. The first-order chi connectivity index (χ1) is 20.7. The number of nitrogens with zero attached hydrogens (tertiary/aromatic N) is 2. The molecule has 0 unspecified atom stereocenters. The summed E-state index contributed by atoms with van der Waals surface area (Å²) < 4.78 is 12.0. The zero-order chi connectivity index (χ0) is 30.1. The second-order valence-corrected chi connectivity index (χ2v) is 10.6. The van der Waals surface area contributed by atoms with Crippen LogP contribution in [0.25, 0.3) is 0 Å². The van der Waals surface area contributed by atoms with E-state index in [0.717, 1.165) is 20.9 Å². The Labute approximate surface area is 248 Å². The van der Waals surface area contributed by atoms with Crippen LogP contribution < -0.4 is 19.3 Å². The summed E-state index contributed by atoms with van der Waals surface area (Å²) in [5, 5.41) is 0. The molecule has 0 saturated carbocycles. The van der Waals surface area contributed by atoms with Crippen LogP contribution in [0.4, 0.5) is 11.4 Å². The molecule has 2 heterocycles. The molecular formula is C35H26N2O6. The molecule has 2 aliphatic rings. The Morgan fingerprint density at radius 2 is 0.814 bits per heavy atom. The molecule has 0 fully saturated rings. The van der Waals surface area contributed by atoms with Crippen molar-refractivity contribution in [1.29, 1.82) is 0 Å². The van der Waals surface area contributed by atoms with Crippen LogP contribution in [-0.2, 0) is 24.6 Å². The van der Waals surface area contributed by atoms with Crippen LogP contribution in [0.15, 0.2) is 121 Å². The number of ether oxygens (including phenoxy) is 2. The Morgan fingerprint density at radius 3 is 1.16 bits per heavy atom. The highest BCUT2D eigenvalue weighted by molar-refractivity contribution is 6.28. The number of anilines is 2. The van der Waals surface area contributed by atoms with E-state index in [9.17, 15) is 19.2 Å². The van der Waals surface area contributed by atoms with Gasteiger partial charge in [0.15, 0.2) is 0 Å². The van der Waals surface area contributed by atoms with E-state index < -0.39 is 0 Å². The molecule has 0 N–H and O–H groups in total. The largest absolute Gasteiger partial charge is 0.457 e. The fourth-order valence-electron chi connectivity index (χ4n) is 5.00. The Balaban J connectivity index is 1.13. The molecule has 4 aromatic rings. The topological polar surface area (TPSA) is 93.2 Å². The molecule has 212 valence electrons. The van der Waals surface area contributed by atoms with Gasteiger partial charge in [0.2, 0.25) is 0 Å². The van der Waals surface area contributed by atoms with Gasteiger partial charge in [-0.05, 0) is 59.7 Å². The van der Waals surface area contributed by atoms with E-state index in [1.807, 2.05) is 48.5 Å². The molecule has 2 aliphatic heterocycles. The number of carbonyl (C=O) groups is 4. The van der Waals surface area contributed by atoms with Gasteiger partial charge in [-0.15, -0.1) is 0 Å². The maximum Gasteiger partial charge on any atom is 0.258 e. The monoisotopic (exact) mass is 570 g/mol. The zero-order valence-corrected chi connectivity index (χ0v) is 23.4. The summed E-state index contributed by atoms with van der Waals surface area (Å²) in [5.41, 5.74) is 2.71. The quantitative estimate of drug-likeness (QED) is 0.226. The fraction of sp³-hybridized carbons (Fsp3) is 0.0857. The summed E-state index contributed by atoms with van der Waals surface area (Å²) in [5.74, 6) is 0.727. The lowest BCUT2D eigenvalue weighted by molar-refractivity contribution is -0.121. The highest BCUT2D eigenvalue weighted by atomic mass is 16.5. The Morgan fingerprint density at radius 1 is 0.465 bits per heavy atom. The first kappa shape index (κ1) is 27.4. The lowest BCUT2D eigenvalue weighted by Crippen LogP contribution is -2.29. The minimum absolute atomic E-state index is 0.330. The summed E-state index contributed by atoms with van der Waals surface area (Å²) in [7, 11) is 0. The molecule has 6 rings (SSSR count). The number of benzene rings is 4. The second kappa shape index (κ2) is 10.9. The highest BCUT2D eigenvalue weighted by Crippen LogP contribution is 2.35. The normalized spacial score (nSPS) is 14.7. The SMILES string of the molecule is CC(C)(c1ccc(Oc2cccc(N3C(=O)C=CC3=O)c2)cc1)c1ccc(Oc2cccc(N3C(=O)C=CC3=O)c2)cc1.